The number of amides is 1. The molecule has 4 rings (SSSR count). The van der Waals surface area contributed by atoms with E-state index in [4.69, 9.17) is 0 Å². The van der Waals surface area contributed by atoms with Crippen LogP contribution in [0, 0.1) is 6.92 Å². The molecule has 11 heteroatoms. The third kappa shape index (κ3) is 3.59. The van der Waals surface area contributed by atoms with Crippen molar-refractivity contribution in [2.45, 2.75) is 38.5 Å². The largest absolute Gasteiger partial charge is 0.433 e. The minimum absolute atomic E-state index is 0.0106. The van der Waals surface area contributed by atoms with Gasteiger partial charge in [0.25, 0.3) is 5.91 Å². The molecule has 0 aromatic carbocycles. The third-order valence-electron chi connectivity index (χ3n) is 4.14. The van der Waals surface area contributed by atoms with Crippen LogP contribution in [0.1, 0.15) is 46.5 Å². The molecule has 0 saturated heterocycles. The molecular weight excluding hydrogens is 381 g/mol. The second kappa shape index (κ2) is 6.48. The zero-order valence-electron chi connectivity index (χ0n) is 14.2. The van der Waals surface area contributed by atoms with Gasteiger partial charge in [0, 0.05) is 17.6 Å². The molecule has 0 aliphatic heterocycles. The highest BCUT2D eigenvalue weighted by Gasteiger charge is 2.36. The van der Waals surface area contributed by atoms with Crippen molar-refractivity contribution >= 4 is 17.2 Å². The molecule has 27 heavy (non-hydrogen) atoms. The lowest BCUT2D eigenvalue weighted by atomic mass is 10.3. The van der Waals surface area contributed by atoms with Crippen LogP contribution in [0.5, 0.6) is 0 Å². The van der Waals surface area contributed by atoms with Gasteiger partial charge in [0.2, 0.25) is 5.13 Å². The number of hydrogen-bond acceptors (Lipinski definition) is 5. The van der Waals surface area contributed by atoms with Gasteiger partial charge in [-0.1, -0.05) is 0 Å². The van der Waals surface area contributed by atoms with Crippen LogP contribution in [-0.2, 0) is 12.7 Å². The molecular formula is C16H15F3N6OS. The average molecular weight is 396 g/mol. The number of alkyl halides is 3. The van der Waals surface area contributed by atoms with Gasteiger partial charge < -0.3 is 9.88 Å². The van der Waals surface area contributed by atoms with E-state index in [1.54, 1.807) is 12.5 Å². The van der Waals surface area contributed by atoms with Crippen molar-refractivity contribution in [3.8, 4) is 5.13 Å². The Kier molecular flexibility index (Phi) is 4.25. The van der Waals surface area contributed by atoms with E-state index in [0.717, 1.165) is 40.6 Å². The summed E-state index contributed by atoms with van der Waals surface area (Å²) in [6.07, 6.45) is 1.05. The number of carbonyl (C=O) groups is 1. The Labute approximate surface area is 155 Å². The molecule has 0 atom stereocenters. The molecule has 1 aliphatic carbocycles. The monoisotopic (exact) mass is 396 g/mol. The van der Waals surface area contributed by atoms with Gasteiger partial charge in [-0.3, -0.25) is 4.79 Å². The van der Waals surface area contributed by atoms with Gasteiger partial charge >= 0.3 is 6.18 Å². The summed E-state index contributed by atoms with van der Waals surface area (Å²) >= 11 is 0.927. The number of rotatable bonds is 5. The quantitative estimate of drug-likeness (QED) is 0.719. The Balaban J connectivity index is 1.49. The van der Waals surface area contributed by atoms with Crippen molar-refractivity contribution in [3.05, 3.63) is 46.7 Å². The molecule has 7 nitrogen and oxygen atoms in total. The fourth-order valence-corrected chi connectivity index (χ4v) is 3.49. The maximum atomic E-state index is 13.1. The predicted octanol–water partition coefficient (Wildman–Crippen LogP) is 3.12. The summed E-state index contributed by atoms with van der Waals surface area (Å²) in [4.78, 5) is 20.4. The second-order valence-corrected chi connectivity index (χ2v) is 7.14. The molecule has 3 aromatic heterocycles. The van der Waals surface area contributed by atoms with Gasteiger partial charge in [-0.2, -0.15) is 18.3 Å². The summed E-state index contributed by atoms with van der Waals surface area (Å²) in [7, 11) is 0. The van der Waals surface area contributed by atoms with E-state index in [1.165, 1.54) is 12.3 Å². The summed E-state index contributed by atoms with van der Waals surface area (Å²) in [6, 6.07) is 1.38. The van der Waals surface area contributed by atoms with E-state index in [9.17, 15) is 18.0 Å². The molecule has 0 spiro atoms. The number of aromatic nitrogens is 5. The highest BCUT2D eigenvalue weighted by molar-refractivity contribution is 7.12. The van der Waals surface area contributed by atoms with Gasteiger partial charge in [-0.25, -0.2) is 14.6 Å². The second-order valence-electron chi connectivity index (χ2n) is 6.30. The zero-order chi connectivity index (χ0) is 19.2. The summed E-state index contributed by atoms with van der Waals surface area (Å²) in [6.45, 7) is 1.74. The Morgan fingerprint density at radius 3 is 2.89 bits per heavy atom. The van der Waals surface area contributed by atoms with Crippen molar-refractivity contribution in [3.63, 3.8) is 0 Å². The Morgan fingerprint density at radius 1 is 1.41 bits per heavy atom. The lowest BCUT2D eigenvalue weighted by molar-refractivity contribution is -0.142. The third-order valence-corrected chi connectivity index (χ3v) is 4.96. The van der Waals surface area contributed by atoms with Gasteiger partial charge in [-0.05, 0) is 25.8 Å². The highest BCUT2D eigenvalue weighted by Crippen LogP contribution is 2.35. The SMILES string of the molecule is Cc1cc(C(F)(F)F)n(-c2nc(C(=O)NCc3cncn3C3CC3)cs2)n1. The number of aryl methyl sites for hydroxylation is 1. The summed E-state index contributed by atoms with van der Waals surface area (Å²) in [5.74, 6) is -0.460. The molecule has 1 amide bonds. The summed E-state index contributed by atoms with van der Waals surface area (Å²) in [5.41, 5.74) is 0.226. The van der Waals surface area contributed by atoms with Gasteiger partial charge in [-0.15, -0.1) is 11.3 Å². The number of hydrogen-bond donors (Lipinski definition) is 1. The summed E-state index contributed by atoms with van der Waals surface area (Å²) < 4.78 is 42.1. The van der Waals surface area contributed by atoms with Gasteiger partial charge in [0.05, 0.1) is 24.3 Å². The van der Waals surface area contributed by atoms with Gasteiger partial charge in [0.15, 0.2) is 5.69 Å². The first-order valence-corrected chi connectivity index (χ1v) is 9.09. The van der Waals surface area contributed by atoms with E-state index in [0.29, 0.717) is 6.04 Å². The molecule has 3 aromatic rings. The minimum Gasteiger partial charge on any atom is -0.345 e. The van der Waals surface area contributed by atoms with Gasteiger partial charge in [0.1, 0.15) is 5.69 Å². The topological polar surface area (TPSA) is 77.6 Å². The zero-order valence-corrected chi connectivity index (χ0v) is 15.0. The van der Waals surface area contributed by atoms with Crippen LogP contribution >= 0.6 is 11.3 Å². The highest BCUT2D eigenvalue weighted by atomic mass is 32.1. The first kappa shape index (κ1) is 17.7. The lowest BCUT2D eigenvalue weighted by Crippen LogP contribution is -2.24. The van der Waals surface area contributed by atoms with Crippen LogP contribution in [0.3, 0.4) is 0 Å². The number of carbonyl (C=O) groups excluding carboxylic acids is 1. The Hall–Kier alpha value is -2.69. The Morgan fingerprint density at radius 2 is 2.19 bits per heavy atom. The molecule has 1 aliphatic rings. The number of imidazole rings is 1. The van der Waals surface area contributed by atoms with Crippen LogP contribution < -0.4 is 5.32 Å². The molecule has 0 bridgehead atoms. The number of nitrogens with zero attached hydrogens (tertiary/aromatic N) is 5. The maximum absolute atomic E-state index is 13.1. The van der Waals surface area contributed by atoms with E-state index < -0.39 is 17.8 Å². The average Bonchev–Trinajstić information content (AvgIpc) is 3.02. The van der Waals surface area contributed by atoms with E-state index in [2.05, 4.69) is 20.4 Å². The molecule has 0 unspecified atom stereocenters. The van der Waals surface area contributed by atoms with Crippen molar-refractivity contribution in [1.82, 2.24) is 29.6 Å². The van der Waals surface area contributed by atoms with Crippen LogP contribution in [0.15, 0.2) is 24.0 Å². The van der Waals surface area contributed by atoms with Crippen LogP contribution in [-0.4, -0.2) is 30.2 Å². The first-order valence-electron chi connectivity index (χ1n) is 8.21. The lowest BCUT2D eigenvalue weighted by Gasteiger charge is -2.08. The van der Waals surface area contributed by atoms with Crippen molar-refractivity contribution in [2.24, 2.45) is 0 Å². The standard InChI is InChI=1S/C16H15F3N6OS/c1-9-4-13(16(17,18)19)25(23-9)15-22-12(7-27-15)14(26)21-6-11-5-20-8-24(11)10-2-3-10/h4-5,7-8,10H,2-3,6H2,1H3,(H,21,26). The van der Waals surface area contributed by atoms with E-state index in [-0.39, 0.29) is 23.1 Å². The summed E-state index contributed by atoms with van der Waals surface area (Å²) in [5, 5.41) is 7.98. The molecule has 3 heterocycles. The van der Waals surface area contributed by atoms with Crippen molar-refractivity contribution in [1.29, 1.82) is 0 Å². The molecule has 1 saturated carbocycles. The molecule has 142 valence electrons. The molecule has 0 radical (unpaired) electrons. The van der Waals surface area contributed by atoms with Crippen molar-refractivity contribution in [2.75, 3.05) is 0 Å². The number of halogens is 3. The van der Waals surface area contributed by atoms with Crippen LogP contribution in [0.25, 0.3) is 5.13 Å². The fraction of sp³-hybridized carbons (Fsp3) is 0.375. The van der Waals surface area contributed by atoms with E-state index in [1.807, 2.05) is 4.57 Å². The van der Waals surface area contributed by atoms with Crippen molar-refractivity contribution < 1.29 is 18.0 Å². The molecule has 1 N–H and O–H groups in total. The Bertz CT molecular complexity index is 985. The smallest absolute Gasteiger partial charge is 0.345 e. The fourth-order valence-electron chi connectivity index (χ4n) is 2.72. The van der Waals surface area contributed by atoms with Crippen LogP contribution in [0.4, 0.5) is 13.2 Å². The molecule has 1 fully saturated rings. The van der Waals surface area contributed by atoms with Crippen LogP contribution in [0.2, 0.25) is 0 Å². The predicted molar refractivity (Wildman–Crippen MR) is 90.6 cm³/mol. The number of thiazole rings is 1. The number of nitrogens with one attached hydrogen (secondary N) is 1. The van der Waals surface area contributed by atoms with E-state index >= 15 is 0 Å². The first-order chi connectivity index (χ1) is 12.8. The maximum Gasteiger partial charge on any atom is 0.433 e. The minimum atomic E-state index is -4.56. The normalized spacial score (nSPS) is 14.5.